The summed E-state index contributed by atoms with van der Waals surface area (Å²) >= 11 is 0. The van der Waals surface area contributed by atoms with Crippen molar-refractivity contribution in [3.63, 3.8) is 0 Å². The molecule has 13 aromatic rings. The van der Waals surface area contributed by atoms with Crippen molar-refractivity contribution in [2.75, 3.05) is 0 Å². The maximum Gasteiger partial charge on any atom is 0.268 e. The number of hydrogen-bond acceptors (Lipinski definition) is 2. The van der Waals surface area contributed by atoms with Gasteiger partial charge in [-0.3, -0.25) is 4.57 Å². The van der Waals surface area contributed by atoms with E-state index in [2.05, 4.69) is 24.5 Å². The van der Waals surface area contributed by atoms with Crippen molar-refractivity contribution in [2.24, 2.45) is 5.41 Å². The first-order valence-corrected chi connectivity index (χ1v) is 26.2. The minimum atomic E-state index is -2.16. The summed E-state index contributed by atoms with van der Waals surface area (Å²) in [6.45, 7) is 11.3. The molecule has 0 aliphatic carbocycles. The molecule has 396 valence electrons. The molecule has 1 aliphatic rings. The minimum absolute atomic E-state index is 0. The van der Waals surface area contributed by atoms with E-state index in [1.807, 2.05) is 115 Å². The second kappa shape index (κ2) is 20.3. The summed E-state index contributed by atoms with van der Waals surface area (Å²) in [6.07, 6.45) is 2.85. The molecule has 0 spiro atoms. The molecule has 4 heterocycles. The van der Waals surface area contributed by atoms with E-state index in [0.29, 0.717) is 55.7 Å². The van der Waals surface area contributed by atoms with Crippen LogP contribution in [0.4, 0.5) is 0 Å². The first kappa shape index (κ1) is 35.7. The number of para-hydroxylation sites is 1. The summed E-state index contributed by atoms with van der Waals surface area (Å²) < 4.78 is 165. The smallest absolute Gasteiger partial charge is 0.268 e. The Morgan fingerprint density at radius 3 is 1.79 bits per heavy atom. The summed E-state index contributed by atoms with van der Waals surface area (Å²) in [5.74, 6) is 0.656. The molecule has 81 heavy (non-hydrogen) atoms. The van der Waals surface area contributed by atoms with E-state index >= 15 is 0 Å². The van der Waals surface area contributed by atoms with Gasteiger partial charge in [0.15, 0.2) is 0 Å². The second-order valence-corrected chi connectivity index (χ2v) is 21.8. The quantitative estimate of drug-likeness (QED) is 0.112. The zero-order chi connectivity index (χ0) is 69.1. The molecular weight excluding hydrogens is 1170 g/mol. The molecule has 14 rings (SSSR count). The number of hydrogen-bond donors (Lipinski definition) is 0. The van der Waals surface area contributed by atoms with E-state index in [-0.39, 0.29) is 71.8 Å². The van der Waals surface area contributed by atoms with Crippen LogP contribution in [-0.4, -0.2) is 14.1 Å². The van der Waals surface area contributed by atoms with Crippen LogP contribution in [0.2, 0.25) is 0 Å². The van der Waals surface area contributed by atoms with Crippen molar-refractivity contribution in [3.8, 4) is 95.5 Å². The maximum absolute atomic E-state index is 9.64. The second-order valence-electron chi connectivity index (χ2n) is 21.8. The van der Waals surface area contributed by atoms with Crippen LogP contribution in [0, 0.1) is 23.9 Å². The van der Waals surface area contributed by atoms with E-state index in [9.17, 15) is 8.22 Å². The van der Waals surface area contributed by atoms with Gasteiger partial charge in [-0.25, -0.2) is 4.98 Å². The van der Waals surface area contributed by atoms with Crippen LogP contribution < -0.4 is 9.30 Å². The van der Waals surface area contributed by atoms with Gasteiger partial charge in [0.2, 0.25) is 0 Å². The fraction of sp³-hybridized carbons (Fsp3) is 0.120. The minimum Gasteiger partial charge on any atom is -0.510 e. The molecule has 0 fully saturated rings. The van der Waals surface area contributed by atoms with Crippen molar-refractivity contribution >= 4 is 32.8 Å². The Morgan fingerprint density at radius 1 is 0.531 bits per heavy atom. The molecule has 0 saturated carbocycles. The molecule has 0 unspecified atom stereocenters. The van der Waals surface area contributed by atoms with E-state index in [1.54, 1.807) is 67.8 Å². The van der Waals surface area contributed by atoms with Crippen LogP contribution in [0.25, 0.3) is 117 Å². The average molecular weight is 1240 g/mol. The molecule has 6 heteroatoms. The first-order chi connectivity index (χ1) is 45.9. The van der Waals surface area contributed by atoms with Gasteiger partial charge in [-0.05, 0) is 119 Å². The summed E-state index contributed by atoms with van der Waals surface area (Å²) in [5, 5.41) is 1.53. The monoisotopic (exact) mass is 1240 g/mol. The molecule has 0 bridgehead atoms. The third-order valence-electron chi connectivity index (χ3n) is 14.4. The van der Waals surface area contributed by atoms with Crippen LogP contribution in [0.5, 0.6) is 11.5 Å². The van der Waals surface area contributed by atoms with E-state index in [1.165, 1.54) is 6.20 Å². The van der Waals surface area contributed by atoms with Gasteiger partial charge in [-0.15, -0.1) is 29.7 Å². The first-order valence-electron chi connectivity index (χ1n) is 34.7. The van der Waals surface area contributed by atoms with E-state index in [4.69, 9.17) is 24.8 Å². The fourth-order valence-electron chi connectivity index (χ4n) is 10.9. The molecular formula is C75H58N4OPt-2. The summed E-state index contributed by atoms with van der Waals surface area (Å²) in [5.41, 5.74) is 6.45. The zero-order valence-electron chi connectivity index (χ0n) is 61.8. The summed E-state index contributed by atoms with van der Waals surface area (Å²) in [7, 11) is 0. The molecule has 0 radical (unpaired) electrons. The molecule has 1 aliphatic heterocycles. The fourth-order valence-corrected chi connectivity index (χ4v) is 10.9. The molecule has 3 aromatic heterocycles. The maximum atomic E-state index is 9.64. The SMILES string of the molecule is [2H]c1c([2H])c([2H])c(-c2cc3c4c(c2)n(-c2[c-]c(Oc5[c-]c6c(cc5)c5ccccc5n6-c5cc(C([2H])([2H])C(C)(C)C)c(-c6c([2H])c([2H])c([2H])c([2H])c6[2H])cn5)ccc2)[c-][n+]4-c2c(cc(C(C)(C)C)cc2-c2c([2H])c([2H])c([2H])c([2H])c2[2H])-c2ccccc2-c2ccccc2-3)c([2H])c1[2H].[Pt]. The van der Waals surface area contributed by atoms with Gasteiger partial charge in [0.1, 0.15) is 5.82 Å². The number of nitrogens with zero attached hydrogens (tertiary/aromatic N) is 4. The van der Waals surface area contributed by atoms with E-state index in [0.717, 1.165) is 33.0 Å². The Balaban J connectivity index is 0.00000864. The number of benzene rings is 10. The summed E-state index contributed by atoms with van der Waals surface area (Å²) in [6, 6.07) is 40.3. The Hall–Kier alpha value is -8.89. The third kappa shape index (κ3) is 9.30. The summed E-state index contributed by atoms with van der Waals surface area (Å²) in [4.78, 5) is 4.88. The van der Waals surface area contributed by atoms with Crippen molar-refractivity contribution in [1.29, 1.82) is 0 Å². The Labute approximate surface area is 512 Å². The average Bonchev–Trinajstić information content (AvgIpc) is 1.58. The molecule has 0 amide bonds. The van der Waals surface area contributed by atoms with Gasteiger partial charge in [-0.2, -0.15) is 18.2 Å². The van der Waals surface area contributed by atoms with Crippen LogP contribution >= 0.6 is 0 Å². The molecule has 10 aromatic carbocycles. The van der Waals surface area contributed by atoms with Crippen molar-refractivity contribution in [3.05, 3.63) is 260 Å². The Kier molecular flexibility index (Phi) is 8.95. The van der Waals surface area contributed by atoms with Crippen molar-refractivity contribution in [2.45, 2.75) is 53.3 Å². The molecule has 5 nitrogen and oxygen atoms in total. The number of pyridine rings is 1. The van der Waals surface area contributed by atoms with Crippen LogP contribution in [-0.2, 0) is 32.9 Å². The number of rotatable bonds is 8. The number of aromatic nitrogens is 4. The topological polar surface area (TPSA) is 35.9 Å². The largest absolute Gasteiger partial charge is 0.510 e. The molecule has 0 atom stereocenters. The molecule has 0 N–H and O–H groups in total. The Morgan fingerprint density at radius 2 is 1.12 bits per heavy atom. The number of ether oxygens (including phenoxy) is 1. The van der Waals surface area contributed by atoms with E-state index < -0.39 is 108 Å². The third-order valence-corrected chi connectivity index (χ3v) is 14.4. The van der Waals surface area contributed by atoms with Gasteiger partial charge in [0.05, 0.1) is 37.3 Å². The normalized spacial score (nSPS) is 15.2. The number of imidazole rings is 1. The standard InChI is InChI=1S/C75H58N4O.Pt/c1-74(2,3)46-53-41-71(76-47-67(53)51-27-14-9-15-28-51)79-68-36-21-20-35-62(68)63-38-37-57(45-69(63)79)80-56-30-22-29-55(44-56)77-48-78-72-64(50-25-12-8-13-26-50)42-54(75(4,5)6)43-66(72)61-34-19-17-32-59(61)58-31-16-18-33-60(58)65-39-52(40-70(77)73(65)78)49-23-10-7-11-24-49;/h7-43,47H,46H2,1-6H3;/q-2;/i7D,8D,9D,10D,11D,12D,13D,14D,15D,23D,24D,25D,26D,27D,28D,46D2;. The van der Waals surface area contributed by atoms with Crippen LogP contribution in [0.3, 0.4) is 0 Å². The van der Waals surface area contributed by atoms with Crippen LogP contribution in [0.15, 0.2) is 230 Å². The zero-order valence-corrected chi connectivity index (χ0v) is 47.1. The number of fused-ring (bicyclic) bond motifs is 10. The van der Waals surface area contributed by atoms with Gasteiger partial charge >= 0.3 is 0 Å². The molecule has 0 saturated heterocycles. The Bertz CT molecular complexity index is 5510. The van der Waals surface area contributed by atoms with Gasteiger partial charge < -0.3 is 13.9 Å². The van der Waals surface area contributed by atoms with Crippen LogP contribution in [0.1, 0.15) is 76.0 Å². The van der Waals surface area contributed by atoms with Gasteiger partial charge in [0.25, 0.3) is 6.33 Å². The predicted molar refractivity (Wildman–Crippen MR) is 328 cm³/mol. The van der Waals surface area contributed by atoms with Crippen molar-refractivity contribution in [1.82, 2.24) is 14.1 Å². The van der Waals surface area contributed by atoms with Crippen molar-refractivity contribution < 1.29 is 53.7 Å². The van der Waals surface area contributed by atoms with Gasteiger partial charge in [-0.1, -0.05) is 223 Å². The predicted octanol–water partition coefficient (Wildman–Crippen LogP) is 18.8. The van der Waals surface area contributed by atoms with Gasteiger partial charge in [0, 0.05) is 52.6 Å².